The SMILES string of the molecule is CNC(CCC(=O)NCCN(CC(C)=O)C(=O)CN)C(=O)O.O=CCCCCCCCCCCCCCCC(=O)O. The van der Waals surface area contributed by atoms with Crippen LogP contribution in [0, 0.1) is 0 Å². The van der Waals surface area contributed by atoms with Gasteiger partial charge in [-0.15, -0.1) is 0 Å². The van der Waals surface area contributed by atoms with Crippen molar-refractivity contribution in [3.8, 4) is 0 Å². The zero-order valence-corrected chi connectivity index (χ0v) is 25.2. The van der Waals surface area contributed by atoms with E-state index in [-0.39, 0.29) is 56.6 Å². The molecule has 0 heterocycles. The number of likely N-dealkylation sites (N-methyl/N-ethyl adjacent to an activating group) is 1. The molecule has 12 nitrogen and oxygen atoms in total. The van der Waals surface area contributed by atoms with E-state index in [2.05, 4.69) is 10.6 Å². The summed E-state index contributed by atoms with van der Waals surface area (Å²) >= 11 is 0. The number of nitrogens with zero attached hydrogens (tertiary/aromatic N) is 1. The molecule has 0 aromatic rings. The maximum atomic E-state index is 11.6. The van der Waals surface area contributed by atoms with Crippen molar-refractivity contribution in [2.24, 2.45) is 5.73 Å². The van der Waals surface area contributed by atoms with Crippen molar-refractivity contribution in [3.05, 3.63) is 0 Å². The van der Waals surface area contributed by atoms with E-state index < -0.39 is 18.0 Å². The predicted octanol–water partition coefficient (Wildman–Crippen LogP) is 2.66. The van der Waals surface area contributed by atoms with Crippen LogP contribution in [0.3, 0.4) is 0 Å². The van der Waals surface area contributed by atoms with E-state index in [1.807, 2.05) is 0 Å². The van der Waals surface area contributed by atoms with Gasteiger partial charge in [0.1, 0.15) is 18.1 Å². The van der Waals surface area contributed by atoms with Gasteiger partial charge < -0.3 is 36.3 Å². The number of hydrogen-bond acceptors (Lipinski definition) is 8. The van der Waals surface area contributed by atoms with Crippen LogP contribution < -0.4 is 16.4 Å². The van der Waals surface area contributed by atoms with Gasteiger partial charge in [0.25, 0.3) is 0 Å². The molecule has 0 rings (SSSR count). The molecule has 0 aliphatic rings. The number of ketones is 1. The normalized spacial score (nSPS) is 11.1. The minimum absolute atomic E-state index is 0.0489. The maximum absolute atomic E-state index is 11.6. The molecule has 238 valence electrons. The number of nitrogens with two attached hydrogens (primary N) is 1. The number of rotatable bonds is 26. The molecule has 0 spiro atoms. The van der Waals surface area contributed by atoms with Gasteiger partial charge >= 0.3 is 11.9 Å². The number of aliphatic carboxylic acids is 2. The first kappa shape index (κ1) is 40.3. The Labute approximate surface area is 245 Å². The lowest BCUT2D eigenvalue weighted by Crippen LogP contribution is -2.43. The lowest BCUT2D eigenvalue weighted by Gasteiger charge is -2.21. The van der Waals surface area contributed by atoms with Crippen LogP contribution in [0.4, 0.5) is 0 Å². The number of carbonyl (C=O) groups is 6. The fraction of sp³-hybridized carbons (Fsp3) is 0.793. The Kier molecular flexibility index (Phi) is 28.2. The molecule has 0 aliphatic carbocycles. The first-order valence-electron chi connectivity index (χ1n) is 14.9. The summed E-state index contributed by atoms with van der Waals surface area (Å²) in [5.74, 6) is -2.55. The highest BCUT2D eigenvalue weighted by molar-refractivity contribution is 5.85. The maximum Gasteiger partial charge on any atom is 0.320 e. The lowest BCUT2D eigenvalue weighted by molar-refractivity contribution is -0.140. The second-order valence-electron chi connectivity index (χ2n) is 10.1. The third kappa shape index (κ3) is 28.5. The van der Waals surface area contributed by atoms with Gasteiger partial charge in [-0.3, -0.25) is 24.0 Å². The van der Waals surface area contributed by atoms with Crippen LogP contribution in [0.25, 0.3) is 0 Å². The number of hydrogen-bond donors (Lipinski definition) is 5. The Morgan fingerprint density at radius 1 is 0.829 bits per heavy atom. The quantitative estimate of drug-likeness (QED) is 0.0742. The van der Waals surface area contributed by atoms with Crippen LogP contribution in [-0.4, -0.2) is 90.2 Å². The van der Waals surface area contributed by atoms with Gasteiger partial charge in [-0.2, -0.15) is 0 Å². The monoisotopic (exact) mass is 586 g/mol. The van der Waals surface area contributed by atoms with Crippen molar-refractivity contribution < 1.29 is 39.0 Å². The third-order valence-electron chi connectivity index (χ3n) is 6.41. The minimum Gasteiger partial charge on any atom is -0.481 e. The molecule has 0 aromatic carbocycles. The highest BCUT2D eigenvalue weighted by Crippen LogP contribution is 2.12. The molecule has 0 radical (unpaired) electrons. The van der Waals surface area contributed by atoms with E-state index >= 15 is 0 Å². The first-order valence-corrected chi connectivity index (χ1v) is 14.9. The molecule has 12 heteroatoms. The molecule has 2 amide bonds. The number of unbranched alkanes of at least 4 members (excludes halogenated alkanes) is 12. The number of carbonyl (C=O) groups excluding carboxylic acids is 4. The van der Waals surface area contributed by atoms with E-state index in [0.29, 0.717) is 6.42 Å². The number of carboxylic acids is 2. The van der Waals surface area contributed by atoms with Crippen LogP contribution in [-0.2, 0) is 28.8 Å². The summed E-state index contributed by atoms with van der Waals surface area (Å²) in [5.41, 5.74) is 5.25. The van der Waals surface area contributed by atoms with E-state index in [1.54, 1.807) is 0 Å². The van der Waals surface area contributed by atoms with Crippen LogP contribution in [0.15, 0.2) is 0 Å². The topological polar surface area (TPSA) is 196 Å². The van der Waals surface area contributed by atoms with E-state index in [0.717, 1.165) is 32.0 Å². The fourth-order valence-corrected chi connectivity index (χ4v) is 4.05. The van der Waals surface area contributed by atoms with Crippen molar-refractivity contribution in [2.45, 2.75) is 116 Å². The highest BCUT2D eigenvalue weighted by atomic mass is 16.4. The van der Waals surface area contributed by atoms with Gasteiger partial charge in [0, 0.05) is 32.4 Å². The average Bonchev–Trinajstić information content (AvgIpc) is 2.92. The summed E-state index contributed by atoms with van der Waals surface area (Å²) in [6.07, 6.45) is 16.7. The van der Waals surface area contributed by atoms with Gasteiger partial charge in [-0.1, -0.05) is 64.2 Å². The Bertz CT molecular complexity index is 748. The van der Waals surface area contributed by atoms with Crippen LogP contribution in [0.2, 0.25) is 0 Å². The first-order chi connectivity index (χ1) is 19.6. The van der Waals surface area contributed by atoms with Gasteiger partial charge in [0.2, 0.25) is 11.8 Å². The van der Waals surface area contributed by atoms with Crippen molar-refractivity contribution in [3.63, 3.8) is 0 Å². The van der Waals surface area contributed by atoms with Gasteiger partial charge in [-0.05, 0) is 33.2 Å². The van der Waals surface area contributed by atoms with Crippen molar-refractivity contribution in [1.29, 1.82) is 0 Å². The zero-order chi connectivity index (χ0) is 31.3. The molecule has 6 N–H and O–H groups in total. The lowest BCUT2D eigenvalue weighted by atomic mass is 10.0. The Morgan fingerprint density at radius 2 is 1.34 bits per heavy atom. The largest absolute Gasteiger partial charge is 0.481 e. The van der Waals surface area contributed by atoms with Crippen molar-refractivity contribution in [2.75, 3.05) is 33.2 Å². The average molecular weight is 587 g/mol. The Morgan fingerprint density at radius 3 is 1.76 bits per heavy atom. The summed E-state index contributed by atoms with van der Waals surface area (Å²) in [6.45, 7) is 1.46. The summed E-state index contributed by atoms with van der Waals surface area (Å²) in [4.78, 5) is 66.6. The molecular weight excluding hydrogens is 532 g/mol. The second kappa shape index (κ2) is 28.7. The predicted molar refractivity (Wildman–Crippen MR) is 157 cm³/mol. The molecule has 0 fully saturated rings. The molecule has 0 saturated carbocycles. The summed E-state index contributed by atoms with van der Waals surface area (Å²) < 4.78 is 0. The number of amides is 2. The molecular formula is C29H54N4O8. The molecule has 1 atom stereocenters. The summed E-state index contributed by atoms with van der Waals surface area (Å²) in [7, 11) is 1.51. The highest BCUT2D eigenvalue weighted by Gasteiger charge is 2.17. The Balaban J connectivity index is 0. The summed E-state index contributed by atoms with van der Waals surface area (Å²) in [5, 5.41) is 22.5. The molecule has 1 unspecified atom stereocenters. The van der Waals surface area contributed by atoms with Crippen LogP contribution in [0.5, 0.6) is 0 Å². The minimum atomic E-state index is -1.02. The van der Waals surface area contributed by atoms with Gasteiger partial charge in [0.05, 0.1) is 13.1 Å². The van der Waals surface area contributed by atoms with E-state index in [9.17, 15) is 28.8 Å². The van der Waals surface area contributed by atoms with Gasteiger partial charge in [0.15, 0.2) is 0 Å². The van der Waals surface area contributed by atoms with Crippen LogP contribution >= 0.6 is 0 Å². The number of Topliss-reactive ketones (excluding diaryl/α,β-unsaturated/α-hetero) is 1. The van der Waals surface area contributed by atoms with E-state index in [4.69, 9.17) is 15.9 Å². The third-order valence-corrected chi connectivity index (χ3v) is 6.41. The van der Waals surface area contributed by atoms with E-state index in [1.165, 1.54) is 76.7 Å². The fourth-order valence-electron chi connectivity index (χ4n) is 4.05. The molecule has 0 aliphatic heterocycles. The summed E-state index contributed by atoms with van der Waals surface area (Å²) in [6, 6.07) is -0.779. The van der Waals surface area contributed by atoms with Gasteiger partial charge in [-0.25, -0.2) is 0 Å². The number of nitrogens with one attached hydrogen (secondary N) is 2. The number of carboxylic acid groups (broad SMARTS) is 2. The van der Waals surface area contributed by atoms with Crippen LogP contribution in [0.1, 0.15) is 110 Å². The van der Waals surface area contributed by atoms with Crippen molar-refractivity contribution in [1.82, 2.24) is 15.5 Å². The molecule has 41 heavy (non-hydrogen) atoms. The smallest absolute Gasteiger partial charge is 0.320 e. The number of aldehydes is 1. The Hall–Kier alpha value is -2.86. The standard InChI is InChI=1S/C16H30O3.C13H24N4O5/c17-15-13-11-9-7-5-3-1-2-4-6-8-10-12-14-16(18)19;1-9(18)8-17(12(20)7-14)6-5-16-11(19)4-3-10(15-2)13(21)22/h15H,1-14H2,(H,18,19);10,15H,3-8,14H2,1-2H3,(H,16,19)(H,21,22). The molecule has 0 aromatic heterocycles. The second-order valence-corrected chi connectivity index (χ2v) is 10.1. The molecule has 0 saturated heterocycles. The zero-order valence-electron chi connectivity index (χ0n) is 25.2. The van der Waals surface area contributed by atoms with Crippen molar-refractivity contribution >= 4 is 35.8 Å². The molecule has 0 bridgehead atoms.